The van der Waals surface area contributed by atoms with Gasteiger partial charge in [0, 0.05) is 11.6 Å². The molecule has 0 heterocycles. The Kier molecular flexibility index (Phi) is 9.07. The van der Waals surface area contributed by atoms with Gasteiger partial charge in [0.1, 0.15) is 0 Å². The van der Waals surface area contributed by atoms with Crippen LogP contribution in [0, 0.1) is 5.82 Å². The van der Waals surface area contributed by atoms with Crippen LogP contribution in [0.15, 0.2) is 18.2 Å². The molecule has 120 valence electrons. The summed E-state index contributed by atoms with van der Waals surface area (Å²) in [6.45, 7) is 5.14. The van der Waals surface area contributed by atoms with Gasteiger partial charge >= 0.3 is 0 Å². The smallest absolute Gasteiger partial charge is 0.169 e. The van der Waals surface area contributed by atoms with Crippen LogP contribution in [0.3, 0.4) is 0 Å². The highest BCUT2D eigenvalue weighted by Crippen LogP contribution is 2.28. The van der Waals surface area contributed by atoms with Gasteiger partial charge in [-0.2, -0.15) is 0 Å². The monoisotopic (exact) mass is 295 g/mol. The minimum atomic E-state index is -0.225. The van der Waals surface area contributed by atoms with Gasteiger partial charge in [-0.1, -0.05) is 64.5 Å². The van der Waals surface area contributed by atoms with Crippen molar-refractivity contribution < 1.29 is 9.13 Å². The summed E-state index contributed by atoms with van der Waals surface area (Å²) in [5.41, 5.74) is 0.727. The van der Waals surface area contributed by atoms with Gasteiger partial charge < -0.3 is 10.1 Å². The van der Waals surface area contributed by atoms with Gasteiger partial charge in [-0.3, -0.25) is 0 Å². The van der Waals surface area contributed by atoms with E-state index < -0.39 is 0 Å². The molecule has 1 unspecified atom stereocenters. The highest BCUT2D eigenvalue weighted by atomic mass is 19.1. The Morgan fingerprint density at radius 1 is 1.10 bits per heavy atom. The average molecular weight is 295 g/mol. The van der Waals surface area contributed by atoms with Crippen LogP contribution in [0.25, 0.3) is 0 Å². The Bertz CT molecular complexity index is 395. The molecule has 1 N–H and O–H groups in total. The standard InChI is InChI=1S/C18H30FNO/c1-4-6-7-8-9-10-13-16(20-5-2)15-12-11-14-17(21-3)18(15)19/h11-12,14,16,20H,4-10,13H2,1-3H3. The number of rotatable bonds is 11. The lowest BCUT2D eigenvalue weighted by Crippen LogP contribution is -2.22. The molecule has 0 fully saturated rings. The summed E-state index contributed by atoms with van der Waals surface area (Å²) in [6.07, 6.45) is 8.54. The molecule has 0 aliphatic carbocycles. The van der Waals surface area contributed by atoms with Crippen molar-refractivity contribution in [3.05, 3.63) is 29.6 Å². The molecular formula is C18H30FNO. The first kappa shape index (κ1) is 18.0. The molecule has 0 bridgehead atoms. The molecule has 0 aliphatic heterocycles. The van der Waals surface area contributed by atoms with Gasteiger partial charge in [-0.15, -0.1) is 0 Å². The average Bonchev–Trinajstić information content (AvgIpc) is 2.50. The molecule has 0 aliphatic rings. The van der Waals surface area contributed by atoms with E-state index in [1.165, 1.54) is 39.2 Å². The number of methoxy groups -OCH3 is 1. The van der Waals surface area contributed by atoms with Gasteiger partial charge in [0.15, 0.2) is 11.6 Å². The fourth-order valence-electron chi connectivity index (χ4n) is 2.70. The summed E-state index contributed by atoms with van der Waals surface area (Å²) in [5.74, 6) is 0.107. The molecule has 1 aromatic carbocycles. The van der Waals surface area contributed by atoms with E-state index >= 15 is 0 Å². The van der Waals surface area contributed by atoms with E-state index in [1.807, 2.05) is 12.1 Å². The fourth-order valence-corrected chi connectivity index (χ4v) is 2.70. The van der Waals surface area contributed by atoms with Crippen molar-refractivity contribution in [3.8, 4) is 5.75 Å². The van der Waals surface area contributed by atoms with Crippen LogP contribution < -0.4 is 10.1 Å². The Hall–Kier alpha value is -1.09. The van der Waals surface area contributed by atoms with E-state index in [-0.39, 0.29) is 11.9 Å². The number of halogens is 1. The number of ether oxygens (including phenoxy) is 1. The summed E-state index contributed by atoms with van der Waals surface area (Å²) in [6, 6.07) is 5.48. The van der Waals surface area contributed by atoms with Gasteiger partial charge in [-0.05, 0) is 19.0 Å². The number of hydrogen-bond acceptors (Lipinski definition) is 2. The van der Waals surface area contributed by atoms with E-state index in [0.717, 1.165) is 24.9 Å². The van der Waals surface area contributed by atoms with Crippen LogP contribution >= 0.6 is 0 Å². The van der Waals surface area contributed by atoms with Crippen molar-refractivity contribution in [2.45, 2.75) is 64.8 Å². The van der Waals surface area contributed by atoms with E-state index in [2.05, 4.69) is 19.2 Å². The van der Waals surface area contributed by atoms with Gasteiger partial charge in [0.2, 0.25) is 0 Å². The van der Waals surface area contributed by atoms with Crippen molar-refractivity contribution in [2.75, 3.05) is 13.7 Å². The molecule has 1 atom stereocenters. The second-order valence-electron chi connectivity index (χ2n) is 5.53. The maximum absolute atomic E-state index is 14.4. The summed E-state index contributed by atoms with van der Waals surface area (Å²) >= 11 is 0. The first-order valence-electron chi connectivity index (χ1n) is 8.30. The molecule has 0 saturated carbocycles. The third kappa shape index (κ3) is 6.04. The third-order valence-corrected chi connectivity index (χ3v) is 3.89. The summed E-state index contributed by atoms with van der Waals surface area (Å²) < 4.78 is 19.4. The third-order valence-electron chi connectivity index (χ3n) is 3.89. The Morgan fingerprint density at radius 2 is 1.81 bits per heavy atom. The number of benzene rings is 1. The highest BCUT2D eigenvalue weighted by molar-refractivity contribution is 5.33. The van der Waals surface area contributed by atoms with Crippen LogP contribution in [0.5, 0.6) is 5.75 Å². The second-order valence-corrected chi connectivity index (χ2v) is 5.53. The van der Waals surface area contributed by atoms with Crippen LogP contribution in [0.1, 0.15) is 70.4 Å². The topological polar surface area (TPSA) is 21.3 Å². The van der Waals surface area contributed by atoms with Gasteiger partial charge in [0.05, 0.1) is 7.11 Å². The molecule has 1 aromatic rings. The summed E-state index contributed by atoms with van der Waals surface area (Å²) in [4.78, 5) is 0. The Labute approximate surface area is 129 Å². The zero-order valence-electron chi connectivity index (χ0n) is 13.8. The lowest BCUT2D eigenvalue weighted by molar-refractivity contribution is 0.376. The maximum Gasteiger partial charge on any atom is 0.169 e. The van der Waals surface area contributed by atoms with Crippen LogP contribution in [0.2, 0.25) is 0 Å². The molecule has 0 aromatic heterocycles. The quantitative estimate of drug-likeness (QED) is 0.564. The highest BCUT2D eigenvalue weighted by Gasteiger charge is 2.17. The van der Waals surface area contributed by atoms with Crippen LogP contribution in [-0.2, 0) is 0 Å². The SMILES string of the molecule is CCCCCCCCC(NCC)c1cccc(OC)c1F. The Morgan fingerprint density at radius 3 is 2.48 bits per heavy atom. The summed E-state index contributed by atoms with van der Waals surface area (Å²) in [5, 5.41) is 3.40. The number of hydrogen-bond donors (Lipinski definition) is 1. The fraction of sp³-hybridized carbons (Fsp3) is 0.667. The molecule has 1 rings (SSSR count). The molecule has 2 nitrogen and oxygen atoms in total. The lowest BCUT2D eigenvalue weighted by Gasteiger charge is -2.20. The molecule has 0 radical (unpaired) electrons. The van der Waals surface area contributed by atoms with Crippen LogP contribution in [-0.4, -0.2) is 13.7 Å². The molecule has 0 spiro atoms. The minimum absolute atomic E-state index is 0.0799. The maximum atomic E-state index is 14.4. The molecule has 3 heteroatoms. The van der Waals surface area contributed by atoms with E-state index in [0.29, 0.717) is 5.75 Å². The van der Waals surface area contributed by atoms with Gasteiger partial charge in [-0.25, -0.2) is 4.39 Å². The molecule has 0 amide bonds. The second kappa shape index (κ2) is 10.6. The van der Waals surface area contributed by atoms with Crippen molar-refractivity contribution >= 4 is 0 Å². The minimum Gasteiger partial charge on any atom is -0.494 e. The van der Waals surface area contributed by atoms with Crippen molar-refractivity contribution in [3.63, 3.8) is 0 Å². The van der Waals surface area contributed by atoms with E-state index in [9.17, 15) is 4.39 Å². The lowest BCUT2D eigenvalue weighted by atomic mass is 9.98. The predicted molar refractivity (Wildman–Crippen MR) is 87.4 cm³/mol. The van der Waals surface area contributed by atoms with Crippen molar-refractivity contribution in [2.24, 2.45) is 0 Å². The summed E-state index contributed by atoms with van der Waals surface area (Å²) in [7, 11) is 1.51. The van der Waals surface area contributed by atoms with Crippen molar-refractivity contribution in [1.29, 1.82) is 0 Å². The largest absolute Gasteiger partial charge is 0.494 e. The number of unbranched alkanes of at least 4 members (excludes halogenated alkanes) is 5. The number of nitrogens with one attached hydrogen (secondary N) is 1. The normalized spacial score (nSPS) is 12.4. The first-order chi connectivity index (χ1) is 10.2. The van der Waals surface area contributed by atoms with Gasteiger partial charge in [0.25, 0.3) is 0 Å². The predicted octanol–water partition coefficient (Wildman–Crippen LogP) is 5.24. The molecule has 0 saturated heterocycles. The molecule has 21 heavy (non-hydrogen) atoms. The van der Waals surface area contributed by atoms with E-state index in [4.69, 9.17) is 4.74 Å². The molecular weight excluding hydrogens is 265 g/mol. The zero-order valence-corrected chi connectivity index (χ0v) is 13.8. The van der Waals surface area contributed by atoms with E-state index in [1.54, 1.807) is 6.07 Å². The zero-order chi connectivity index (χ0) is 15.5. The Balaban J connectivity index is 2.56. The van der Waals surface area contributed by atoms with Crippen LogP contribution in [0.4, 0.5) is 4.39 Å². The first-order valence-corrected chi connectivity index (χ1v) is 8.30. The van der Waals surface area contributed by atoms with Crippen molar-refractivity contribution in [1.82, 2.24) is 5.32 Å².